The van der Waals surface area contributed by atoms with Crippen LogP contribution in [0.3, 0.4) is 0 Å². The number of hydrogen-bond acceptors (Lipinski definition) is 5. The van der Waals surface area contributed by atoms with E-state index >= 15 is 0 Å². The Kier molecular flexibility index (Phi) is 6.85. The number of nitrogens with zero attached hydrogens (tertiary/aromatic N) is 3. The summed E-state index contributed by atoms with van der Waals surface area (Å²) in [5.74, 6) is 1.68. The van der Waals surface area contributed by atoms with Gasteiger partial charge in [-0.3, -0.25) is 14.5 Å². The molecule has 1 aromatic rings. The van der Waals surface area contributed by atoms with Crippen LogP contribution in [-0.4, -0.2) is 53.5 Å². The van der Waals surface area contributed by atoms with Crippen molar-refractivity contribution in [2.75, 3.05) is 35.2 Å². The minimum Gasteiger partial charge on any atom is -0.355 e. The van der Waals surface area contributed by atoms with Gasteiger partial charge in [-0.2, -0.15) is 11.8 Å². The number of fused-ring (bicyclic) bond motifs is 3. The number of hydrogen-bond donors (Lipinski definition) is 1. The number of aromatic nitrogens is 1. The fourth-order valence-electron chi connectivity index (χ4n) is 4.56. The summed E-state index contributed by atoms with van der Waals surface area (Å²) in [5, 5.41) is 4.25. The van der Waals surface area contributed by atoms with Crippen LogP contribution in [0, 0.1) is 0 Å². The number of carbonyl (C=O) groups is 2. The van der Waals surface area contributed by atoms with Crippen molar-refractivity contribution in [3.05, 3.63) is 17.3 Å². The molecule has 1 N–H and O–H groups in total. The number of anilines is 2. The van der Waals surface area contributed by atoms with Gasteiger partial charge in [0.2, 0.25) is 11.8 Å². The first-order chi connectivity index (χ1) is 14.1. The second-order valence-corrected chi connectivity index (χ2v) is 9.95. The Morgan fingerprint density at radius 3 is 2.90 bits per heavy atom. The average molecular weight is 437 g/mol. The lowest BCUT2D eigenvalue weighted by atomic mass is 10.0. The maximum absolute atomic E-state index is 13.0. The van der Waals surface area contributed by atoms with Gasteiger partial charge in [0.15, 0.2) is 5.82 Å². The van der Waals surface area contributed by atoms with Gasteiger partial charge in [0.05, 0.1) is 10.7 Å². The Morgan fingerprint density at radius 1 is 1.24 bits per heavy atom. The van der Waals surface area contributed by atoms with Gasteiger partial charge in [-0.25, -0.2) is 4.98 Å². The van der Waals surface area contributed by atoms with E-state index in [0.717, 1.165) is 42.6 Å². The Morgan fingerprint density at radius 2 is 2.07 bits per heavy atom. The van der Waals surface area contributed by atoms with Gasteiger partial charge in [0.25, 0.3) is 0 Å². The molecular weight excluding hydrogens is 408 g/mol. The summed E-state index contributed by atoms with van der Waals surface area (Å²) >= 11 is 8.17. The SMILES string of the molecule is O=C(CN1C(=O)C2CCCN2c2ncc(Cl)cc21)NCCCSC1CCCCC1. The zero-order chi connectivity index (χ0) is 20.2. The summed E-state index contributed by atoms with van der Waals surface area (Å²) in [6.45, 7) is 1.49. The molecule has 1 unspecified atom stereocenters. The molecule has 3 aliphatic rings. The Bertz CT molecular complexity index is 756. The predicted octanol–water partition coefficient (Wildman–Crippen LogP) is 3.62. The van der Waals surface area contributed by atoms with E-state index in [1.54, 1.807) is 17.2 Å². The summed E-state index contributed by atoms with van der Waals surface area (Å²) in [7, 11) is 0. The van der Waals surface area contributed by atoms with E-state index in [1.807, 2.05) is 16.7 Å². The van der Waals surface area contributed by atoms with Crippen LogP contribution in [-0.2, 0) is 9.59 Å². The van der Waals surface area contributed by atoms with Crippen LogP contribution in [0.4, 0.5) is 11.5 Å². The Labute approximate surface area is 181 Å². The molecule has 4 rings (SSSR count). The van der Waals surface area contributed by atoms with E-state index in [2.05, 4.69) is 10.3 Å². The predicted molar refractivity (Wildman–Crippen MR) is 119 cm³/mol. The quantitative estimate of drug-likeness (QED) is 0.661. The lowest BCUT2D eigenvalue weighted by Gasteiger charge is -2.38. The number of thioether (sulfide) groups is 1. The highest BCUT2D eigenvalue weighted by molar-refractivity contribution is 7.99. The number of amides is 2. The first-order valence-corrected chi connectivity index (χ1v) is 12.2. The van der Waals surface area contributed by atoms with Crippen LogP contribution >= 0.6 is 23.4 Å². The zero-order valence-corrected chi connectivity index (χ0v) is 18.3. The fourth-order valence-corrected chi connectivity index (χ4v) is 6.02. The maximum atomic E-state index is 13.0. The summed E-state index contributed by atoms with van der Waals surface area (Å²) in [4.78, 5) is 33.6. The summed E-state index contributed by atoms with van der Waals surface area (Å²) < 4.78 is 0. The second-order valence-electron chi connectivity index (χ2n) is 8.11. The van der Waals surface area contributed by atoms with E-state index in [0.29, 0.717) is 17.3 Å². The number of nitrogens with one attached hydrogen (secondary N) is 1. The number of pyridine rings is 1. The molecule has 1 aromatic heterocycles. The van der Waals surface area contributed by atoms with Crippen molar-refractivity contribution >= 4 is 46.7 Å². The van der Waals surface area contributed by atoms with E-state index in [4.69, 9.17) is 11.6 Å². The molecule has 6 nitrogen and oxygen atoms in total. The lowest BCUT2D eigenvalue weighted by molar-refractivity contribution is -0.124. The third-order valence-corrected chi connectivity index (χ3v) is 7.71. The third-order valence-electron chi connectivity index (χ3n) is 6.03. The van der Waals surface area contributed by atoms with Crippen molar-refractivity contribution in [3.63, 3.8) is 0 Å². The second kappa shape index (κ2) is 9.56. The molecule has 29 heavy (non-hydrogen) atoms. The van der Waals surface area contributed by atoms with Crippen molar-refractivity contribution in [2.45, 2.75) is 62.7 Å². The molecule has 1 aliphatic carbocycles. The highest BCUT2D eigenvalue weighted by atomic mass is 35.5. The Hall–Kier alpha value is -1.47. The van der Waals surface area contributed by atoms with Crippen LogP contribution in [0.2, 0.25) is 5.02 Å². The van der Waals surface area contributed by atoms with Crippen molar-refractivity contribution in [2.24, 2.45) is 0 Å². The fraction of sp³-hybridized carbons (Fsp3) is 0.667. The van der Waals surface area contributed by atoms with E-state index in [9.17, 15) is 9.59 Å². The highest BCUT2D eigenvalue weighted by Gasteiger charge is 2.42. The van der Waals surface area contributed by atoms with Gasteiger partial charge in [-0.15, -0.1) is 0 Å². The third kappa shape index (κ3) is 4.82. The smallest absolute Gasteiger partial charge is 0.250 e. The van der Waals surface area contributed by atoms with E-state index in [1.165, 1.54) is 32.1 Å². The number of halogens is 1. The molecule has 2 amide bonds. The van der Waals surface area contributed by atoms with Crippen molar-refractivity contribution in [1.29, 1.82) is 0 Å². The van der Waals surface area contributed by atoms with Crippen LogP contribution in [0.5, 0.6) is 0 Å². The zero-order valence-electron chi connectivity index (χ0n) is 16.7. The monoisotopic (exact) mass is 436 g/mol. The first-order valence-electron chi connectivity index (χ1n) is 10.8. The van der Waals surface area contributed by atoms with Crippen molar-refractivity contribution < 1.29 is 9.59 Å². The average Bonchev–Trinajstić information content (AvgIpc) is 3.22. The van der Waals surface area contributed by atoms with E-state index < -0.39 is 0 Å². The number of carbonyl (C=O) groups excluding carboxylic acids is 2. The van der Waals surface area contributed by atoms with Gasteiger partial charge < -0.3 is 10.2 Å². The molecule has 158 valence electrons. The van der Waals surface area contributed by atoms with Crippen LogP contribution in [0.25, 0.3) is 0 Å². The van der Waals surface area contributed by atoms with Gasteiger partial charge in [-0.05, 0) is 43.9 Å². The van der Waals surface area contributed by atoms with Gasteiger partial charge in [0, 0.05) is 24.5 Å². The maximum Gasteiger partial charge on any atom is 0.250 e. The summed E-state index contributed by atoms with van der Waals surface area (Å²) in [6.07, 6.45) is 11.1. The van der Waals surface area contributed by atoms with Gasteiger partial charge in [-0.1, -0.05) is 30.9 Å². The highest BCUT2D eigenvalue weighted by Crippen LogP contribution is 2.39. The molecule has 1 saturated heterocycles. The molecule has 0 radical (unpaired) electrons. The molecule has 2 fully saturated rings. The van der Waals surface area contributed by atoms with Crippen LogP contribution < -0.4 is 15.1 Å². The normalized spacial score (nSPS) is 21.8. The molecule has 0 spiro atoms. The minimum atomic E-state index is -0.212. The summed E-state index contributed by atoms with van der Waals surface area (Å²) in [6, 6.07) is 1.53. The molecule has 8 heteroatoms. The largest absolute Gasteiger partial charge is 0.355 e. The molecular formula is C21H29ClN4O2S. The topological polar surface area (TPSA) is 65.5 Å². The molecule has 1 saturated carbocycles. The van der Waals surface area contributed by atoms with Crippen molar-refractivity contribution in [1.82, 2.24) is 10.3 Å². The Balaban J connectivity index is 1.30. The first kappa shape index (κ1) is 20.8. The van der Waals surface area contributed by atoms with Crippen molar-refractivity contribution in [3.8, 4) is 0 Å². The molecule has 3 heterocycles. The van der Waals surface area contributed by atoms with Gasteiger partial charge >= 0.3 is 0 Å². The van der Waals surface area contributed by atoms with Gasteiger partial charge in [0.1, 0.15) is 12.6 Å². The van der Waals surface area contributed by atoms with E-state index in [-0.39, 0.29) is 24.4 Å². The van der Waals surface area contributed by atoms with Crippen LogP contribution in [0.15, 0.2) is 12.3 Å². The molecule has 0 bridgehead atoms. The molecule has 1 atom stereocenters. The number of rotatable bonds is 7. The molecule has 0 aromatic carbocycles. The standard InChI is InChI=1S/C21H29ClN4O2S/c22-15-12-18-20(24-13-15)25-10-4-8-17(25)21(28)26(18)14-19(27)23-9-5-11-29-16-6-2-1-3-7-16/h12-13,16-17H,1-11,14H2,(H,23,27). The lowest BCUT2D eigenvalue weighted by Crippen LogP contribution is -2.53. The van der Waals surface area contributed by atoms with Crippen LogP contribution in [0.1, 0.15) is 51.4 Å². The summed E-state index contributed by atoms with van der Waals surface area (Å²) in [5.41, 5.74) is 0.642. The minimum absolute atomic E-state index is 0.0218. The molecule has 2 aliphatic heterocycles.